The zero-order chi connectivity index (χ0) is 19.3. The number of hydrogen-bond donors (Lipinski definition) is 1. The number of nitrogens with one attached hydrogen (secondary N) is 1. The fourth-order valence-corrected chi connectivity index (χ4v) is 3.32. The summed E-state index contributed by atoms with van der Waals surface area (Å²) in [5.41, 5.74) is 1.41. The highest BCUT2D eigenvalue weighted by Crippen LogP contribution is 2.22. The molecular formula is C21H24N6O. The van der Waals surface area contributed by atoms with E-state index in [-0.39, 0.29) is 5.91 Å². The lowest BCUT2D eigenvalue weighted by atomic mass is 9.99. The van der Waals surface area contributed by atoms with E-state index >= 15 is 0 Å². The Morgan fingerprint density at radius 2 is 1.86 bits per heavy atom. The first-order valence-corrected chi connectivity index (χ1v) is 9.62. The summed E-state index contributed by atoms with van der Waals surface area (Å²) in [5.74, 6) is 2.18. The first kappa shape index (κ1) is 18.2. The van der Waals surface area contributed by atoms with Gasteiger partial charge in [0.25, 0.3) is 5.91 Å². The second kappa shape index (κ2) is 8.21. The number of anilines is 1. The van der Waals surface area contributed by atoms with Gasteiger partial charge in [-0.15, -0.1) is 0 Å². The standard InChI is InChI=1S/C21H24N6O/c1-16-7-9-26(10-8-16)19-11-20(24-14-23-19)27-13-18(25-15-27)21(28)22-12-17-5-3-2-4-6-17/h2-6,11,13-16H,7-10,12H2,1H3,(H,22,28). The van der Waals surface area contributed by atoms with Gasteiger partial charge in [0.15, 0.2) is 0 Å². The lowest BCUT2D eigenvalue weighted by molar-refractivity contribution is 0.0946. The van der Waals surface area contributed by atoms with Gasteiger partial charge in [0, 0.05) is 31.9 Å². The van der Waals surface area contributed by atoms with E-state index in [0.29, 0.717) is 18.1 Å². The number of rotatable bonds is 5. The van der Waals surface area contributed by atoms with Crippen LogP contribution in [0.4, 0.5) is 5.82 Å². The maximum atomic E-state index is 12.4. The summed E-state index contributed by atoms with van der Waals surface area (Å²) in [6, 6.07) is 11.7. The largest absolute Gasteiger partial charge is 0.356 e. The van der Waals surface area contributed by atoms with Crippen LogP contribution in [0.5, 0.6) is 0 Å². The van der Waals surface area contributed by atoms with E-state index < -0.39 is 0 Å². The summed E-state index contributed by atoms with van der Waals surface area (Å²) in [4.78, 5) is 27.7. The van der Waals surface area contributed by atoms with Crippen LogP contribution in [-0.2, 0) is 6.54 Å². The van der Waals surface area contributed by atoms with Crippen molar-refractivity contribution < 1.29 is 4.79 Å². The van der Waals surface area contributed by atoms with E-state index in [0.717, 1.165) is 30.4 Å². The second-order valence-electron chi connectivity index (χ2n) is 7.24. The Hall–Kier alpha value is -3.22. The highest BCUT2D eigenvalue weighted by Gasteiger charge is 2.18. The number of benzene rings is 1. The van der Waals surface area contributed by atoms with Crippen molar-refractivity contribution in [3.8, 4) is 5.82 Å². The van der Waals surface area contributed by atoms with Gasteiger partial charge >= 0.3 is 0 Å². The molecule has 1 aromatic carbocycles. The number of amides is 1. The van der Waals surface area contributed by atoms with Gasteiger partial charge in [-0.25, -0.2) is 15.0 Å². The van der Waals surface area contributed by atoms with Crippen molar-refractivity contribution in [2.45, 2.75) is 26.3 Å². The first-order valence-electron chi connectivity index (χ1n) is 9.62. The number of hydrogen-bond acceptors (Lipinski definition) is 5. The fourth-order valence-electron chi connectivity index (χ4n) is 3.32. The van der Waals surface area contributed by atoms with Crippen molar-refractivity contribution in [1.29, 1.82) is 0 Å². The van der Waals surface area contributed by atoms with Crippen LogP contribution in [0.2, 0.25) is 0 Å². The molecule has 0 atom stereocenters. The molecule has 7 heteroatoms. The van der Waals surface area contributed by atoms with E-state index in [2.05, 4.69) is 32.1 Å². The molecule has 1 fully saturated rings. The number of imidazole rings is 1. The van der Waals surface area contributed by atoms with E-state index in [1.165, 1.54) is 12.8 Å². The van der Waals surface area contributed by atoms with E-state index in [4.69, 9.17) is 0 Å². The molecule has 7 nitrogen and oxygen atoms in total. The van der Waals surface area contributed by atoms with Crippen LogP contribution in [0.3, 0.4) is 0 Å². The van der Waals surface area contributed by atoms with E-state index in [1.54, 1.807) is 23.4 Å². The van der Waals surface area contributed by atoms with Crippen molar-refractivity contribution >= 4 is 11.7 Å². The van der Waals surface area contributed by atoms with Crippen LogP contribution in [0.1, 0.15) is 35.8 Å². The molecular weight excluding hydrogens is 352 g/mol. The number of piperidine rings is 1. The minimum atomic E-state index is -0.207. The first-order chi connectivity index (χ1) is 13.7. The third-order valence-electron chi connectivity index (χ3n) is 5.12. The van der Waals surface area contributed by atoms with Gasteiger partial charge in [0.1, 0.15) is 30.0 Å². The van der Waals surface area contributed by atoms with E-state index in [1.807, 2.05) is 36.4 Å². The van der Waals surface area contributed by atoms with Gasteiger partial charge < -0.3 is 10.2 Å². The van der Waals surface area contributed by atoms with Crippen LogP contribution in [0.15, 0.2) is 55.2 Å². The monoisotopic (exact) mass is 376 g/mol. The van der Waals surface area contributed by atoms with Gasteiger partial charge in [0.05, 0.1) is 0 Å². The molecule has 1 amide bonds. The summed E-state index contributed by atoms with van der Waals surface area (Å²) in [6.07, 6.45) is 7.23. The van der Waals surface area contributed by atoms with Crippen LogP contribution in [0.25, 0.3) is 5.82 Å². The van der Waals surface area contributed by atoms with Crippen molar-refractivity contribution in [2.75, 3.05) is 18.0 Å². The van der Waals surface area contributed by atoms with Crippen molar-refractivity contribution in [1.82, 2.24) is 24.8 Å². The van der Waals surface area contributed by atoms with Crippen LogP contribution < -0.4 is 10.2 Å². The predicted molar refractivity (Wildman–Crippen MR) is 107 cm³/mol. The number of aromatic nitrogens is 4. The molecule has 0 radical (unpaired) electrons. The molecule has 1 aliphatic heterocycles. The topological polar surface area (TPSA) is 75.9 Å². The maximum Gasteiger partial charge on any atom is 0.271 e. The predicted octanol–water partition coefficient (Wildman–Crippen LogP) is 2.83. The minimum Gasteiger partial charge on any atom is -0.356 e. The van der Waals surface area contributed by atoms with Crippen molar-refractivity contribution in [2.24, 2.45) is 5.92 Å². The van der Waals surface area contributed by atoms with E-state index in [9.17, 15) is 4.79 Å². The molecule has 3 aromatic rings. The quantitative estimate of drug-likeness (QED) is 0.741. The van der Waals surface area contributed by atoms with Gasteiger partial charge in [0.2, 0.25) is 0 Å². The third kappa shape index (κ3) is 4.19. The van der Waals surface area contributed by atoms with Crippen molar-refractivity contribution in [3.05, 3.63) is 66.5 Å². The summed E-state index contributed by atoms with van der Waals surface area (Å²) in [7, 11) is 0. The number of carbonyl (C=O) groups is 1. The maximum absolute atomic E-state index is 12.4. The Bertz CT molecular complexity index is 931. The van der Waals surface area contributed by atoms with Gasteiger partial charge in [-0.2, -0.15) is 0 Å². The van der Waals surface area contributed by atoms with Crippen molar-refractivity contribution in [3.63, 3.8) is 0 Å². The second-order valence-corrected chi connectivity index (χ2v) is 7.24. The molecule has 1 saturated heterocycles. The Kier molecular flexibility index (Phi) is 5.32. The summed E-state index contributed by atoms with van der Waals surface area (Å²) in [6.45, 7) is 4.78. The number of carbonyl (C=O) groups excluding carboxylic acids is 1. The smallest absolute Gasteiger partial charge is 0.271 e. The molecule has 0 saturated carbocycles. The highest BCUT2D eigenvalue weighted by atomic mass is 16.1. The molecule has 0 aliphatic carbocycles. The zero-order valence-electron chi connectivity index (χ0n) is 16.0. The van der Waals surface area contributed by atoms with Gasteiger partial charge in [-0.05, 0) is 24.3 Å². The van der Waals surface area contributed by atoms with Gasteiger partial charge in [-0.3, -0.25) is 9.36 Å². The normalized spacial score (nSPS) is 14.8. The number of nitrogens with zero attached hydrogens (tertiary/aromatic N) is 5. The molecule has 0 unspecified atom stereocenters. The SMILES string of the molecule is CC1CCN(c2cc(-n3cnc(C(=O)NCc4ccccc4)c3)ncn2)CC1. The van der Waals surface area contributed by atoms with Crippen LogP contribution in [0, 0.1) is 5.92 Å². The molecule has 0 spiro atoms. The Balaban J connectivity index is 1.43. The lowest BCUT2D eigenvalue weighted by Gasteiger charge is -2.31. The molecule has 1 N–H and O–H groups in total. The molecule has 3 heterocycles. The molecule has 28 heavy (non-hydrogen) atoms. The Labute approximate surface area is 164 Å². The van der Waals surface area contributed by atoms with Gasteiger partial charge in [-0.1, -0.05) is 37.3 Å². The lowest BCUT2D eigenvalue weighted by Crippen LogP contribution is -2.33. The minimum absolute atomic E-state index is 0.207. The Morgan fingerprint density at radius 3 is 2.64 bits per heavy atom. The third-order valence-corrected chi connectivity index (χ3v) is 5.12. The zero-order valence-corrected chi connectivity index (χ0v) is 16.0. The van der Waals surface area contributed by atoms with Crippen LogP contribution >= 0.6 is 0 Å². The summed E-state index contributed by atoms with van der Waals surface area (Å²) < 4.78 is 1.76. The highest BCUT2D eigenvalue weighted by molar-refractivity contribution is 5.92. The molecule has 4 rings (SSSR count). The molecule has 0 bridgehead atoms. The fraction of sp³-hybridized carbons (Fsp3) is 0.333. The Morgan fingerprint density at radius 1 is 1.11 bits per heavy atom. The average molecular weight is 376 g/mol. The average Bonchev–Trinajstić information content (AvgIpc) is 3.24. The molecule has 1 aliphatic rings. The summed E-state index contributed by atoms with van der Waals surface area (Å²) >= 11 is 0. The molecule has 2 aromatic heterocycles. The summed E-state index contributed by atoms with van der Waals surface area (Å²) in [5, 5.41) is 2.89. The van der Waals surface area contributed by atoms with Crippen LogP contribution in [-0.4, -0.2) is 38.5 Å². The molecule has 144 valence electrons.